The fraction of sp³-hybridized carbons (Fsp3) is 0.667. The Morgan fingerprint density at radius 1 is 0.905 bits per heavy atom. The van der Waals surface area contributed by atoms with Crippen molar-refractivity contribution < 1.29 is 42.9 Å². The van der Waals surface area contributed by atoms with Gasteiger partial charge >= 0.3 is 23.9 Å². The number of esters is 4. The maximum absolute atomic E-state index is 11.7. The van der Waals surface area contributed by atoms with Crippen molar-refractivity contribution in [3.63, 3.8) is 0 Å². The molecule has 0 N–H and O–H groups in total. The lowest BCUT2D eigenvalue weighted by molar-refractivity contribution is -0.205. The van der Waals surface area contributed by atoms with Crippen LogP contribution in [0.1, 0.15) is 20.8 Å². The Morgan fingerprint density at radius 2 is 1.48 bits per heavy atom. The average Bonchev–Trinajstić information content (AvgIpc) is 2.78. The van der Waals surface area contributed by atoms with Gasteiger partial charge in [-0.25, -0.2) is 4.79 Å². The van der Waals surface area contributed by atoms with Crippen LogP contribution in [-0.4, -0.2) is 54.6 Å². The predicted octanol–water partition coefficient (Wildman–Crippen LogP) is -0.937. The number of hydrogen-bond acceptors (Lipinski definition) is 9. The highest BCUT2D eigenvalue weighted by molar-refractivity contribution is 5.82. The van der Waals surface area contributed by atoms with Crippen LogP contribution in [0, 0.1) is 0 Å². The van der Waals surface area contributed by atoms with Gasteiger partial charge in [-0.3, -0.25) is 14.4 Å². The summed E-state index contributed by atoms with van der Waals surface area (Å²) in [6.45, 7) is 3.43. The fourth-order valence-corrected chi connectivity index (χ4v) is 2.23. The van der Waals surface area contributed by atoms with E-state index in [0.717, 1.165) is 20.8 Å². The highest BCUT2D eigenvalue weighted by Gasteiger charge is 2.61. The van der Waals surface area contributed by atoms with E-state index in [1.54, 1.807) is 0 Å². The number of ether oxygens (including phenoxy) is 5. The second-order valence-corrected chi connectivity index (χ2v) is 4.58. The van der Waals surface area contributed by atoms with E-state index < -0.39 is 54.6 Å². The van der Waals surface area contributed by atoms with Gasteiger partial charge in [0.15, 0.2) is 12.2 Å². The molecule has 0 spiro atoms. The smallest absolute Gasteiger partial charge is 0.350 e. The van der Waals surface area contributed by atoms with Crippen molar-refractivity contribution in [3.8, 4) is 0 Å². The minimum Gasteiger partial charge on any atom is -0.452 e. The van der Waals surface area contributed by atoms with Crippen LogP contribution >= 0.6 is 0 Å². The lowest BCUT2D eigenvalue weighted by Crippen LogP contribution is -2.38. The molecule has 5 atom stereocenters. The summed E-state index contributed by atoms with van der Waals surface area (Å²) in [5.41, 5.74) is 0. The van der Waals surface area contributed by atoms with E-state index >= 15 is 0 Å². The molecule has 21 heavy (non-hydrogen) atoms. The molecule has 0 amide bonds. The summed E-state index contributed by atoms with van der Waals surface area (Å²) in [6, 6.07) is 0. The first-order chi connectivity index (χ1) is 9.79. The lowest BCUT2D eigenvalue weighted by atomic mass is 10.1. The predicted molar refractivity (Wildman–Crippen MR) is 61.4 cm³/mol. The van der Waals surface area contributed by atoms with Crippen molar-refractivity contribution in [1.82, 2.24) is 0 Å². The Morgan fingerprint density at radius 3 is 2.00 bits per heavy atom. The first kappa shape index (κ1) is 15.2. The molecule has 0 bridgehead atoms. The van der Waals surface area contributed by atoms with Crippen LogP contribution in [0.4, 0.5) is 0 Å². The minimum atomic E-state index is -1.29. The summed E-state index contributed by atoms with van der Waals surface area (Å²) in [4.78, 5) is 44.8. The zero-order valence-electron chi connectivity index (χ0n) is 11.6. The molecule has 0 aromatic carbocycles. The van der Waals surface area contributed by atoms with Gasteiger partial charge in [0, 0.05) is 20.8 Å². The van der Waals surface area contributed by atoms with E-state index in [4.69, 9.17) is 23.7 Å². The molecular formula is C12H14O9. The molecule has 0 unspecified atom stereocenters. The van der Waals surface area contributed by atoms with Gasteiger partial charge in [0.1, 0.15) is 0 Å². The third kappa shape index (κ3) is 3.13. The van der Waals surface area contributed by atoms with E-state index in [1.807, 2.05) is 0 Å². The summed E-state index contributed by atoms with van der Waals surface area (Å²) in [5, 5.41) is 0. The number of carbonyl (C=O) groups excluding carboxylic acids is 4. The monoisotopic (exact) mass is 302 g/mol. The number of carbonyl (C=O) groups is 4. The average molecular weight is 302 g/mol. The summed E-state index contributed by atoms with van der Waals surface area (Å²) in [5.74, 6) is -2.82. The number of hydrogen-bond donors (Lipinski definition) is 0. The topological polar surface area (TPSA) is 114 Å². The van der Waals surface area contributed by atoms with Gasteiger partial charge in [0.2, 0.25) is 18.5 Å². The summed E-state index contributed by atoms with van der Waals surface area (Å²) < 4.78 is 25.1. The van der Waals surface area contributed by atoms with E-state index in [1.165, 1.54) is 0 Å². The van der Waals surface area contributed by atoms with Gasteiger partial charge in [0.25, 0.3) is 0 Å². The zero-order valence-corrected chi connectivity index (χ0v) is 11.6. The van der Waals surface area contributed by atoms with Crippen molar-refractivity contribution >= 4 is 23.9 Å². The van der Waals surface area contributed by atoms with Gasteiger partial charge in [-0.1, -0.05) is 0 Å². The molecular weight excluding hydrogens is 288 g/mol. The maximum atomic E-state index is 11.7. The van der Waals surface area contributed by atoms with Crippen molar-refractivity contribution in [2.75, 3.05) is 0 Å². The van der Waals surface area contributed by atoms with Gasteiger partial charge in [-0.15, -0.1) is 0 Å². The Kier molecular flexibility index (Phi) is 4.12. The normalized spacial score (nSPS) is 33.9. The zero-order chi connectivity index (χ0) is 15.7. The second kappa shape index (κ2) is 5.68. The second-order valence-electron chi connectivity index (χ2n) is 4.58. The molecule has 2 aliphatic rings. The standard InChI is InChI=1S/C12H14O9/c1-4(13)17-9-7-8(20-11(9)16)10(18-5(2)14)12(21-7)19-6(3)15/h7-10,12H,1-3H3/t7-,8+,9-,10-,12-/m0/s1. The van der Waals surface area contributed by atoms with E-state index in [9.17, 15) is 19.2 Å². The maximum Gasteiger partial charge on any atom is 0.350 e. The molecule has 0 aromatic heterocycles. The fourth-order valence-electron chi connectivity index (χ4n) is 2.23. The van der Waals surface area contributed by atoms with Crippen LogP contribution in [-0.2, 0) is 42.9 Å². The van der Waals surface area contributed by atoms with Crippen LogP contribution in [0.2, 0.25) is 0 Å². The highest BCUT2D eigenvalue weighted by atomic mass is 16.8. The third-order valence-electron chi connectivity index (χ3n) is 2.87. The molecule has 0 aromatic rings. The van der Waals surface area contributed by atoms with Gasteiger partial charge in [0.05, 0.1) is 0 Å². The summed E-state index contributed by atoms with van der Waals surface area (Å²) >= 11 is 0. The summed E-state index contributed by atoms with van der Waals surface area (Å²) in [7, 11) is 0. The van der Waals surface area contributed by atoms with Gasteiger partial charge in [-0.05, 0) is 0 Å². The molecule has 116 valence electrons. The highest BCUT2D eigenvalue weighted by Crippen LogP contribution is 2.35. The van der Waals surface area contributed by atoms with Crippen LogP contribution in [0.15, 0.2) is 0 Å². The molecule has 2 fully saturated rings. The third-order valence-corrected chi connectivity index (χ3v) is 2.87. The summed E-state index contributed by atoms with van der Waals surface area (Å²) in [6.07, 6.45) is -5.63. The minimum absolute atomic E-state index is 0.659. The van der Waals surface area contributed by atoms with Crippen molar-refractivity contribution in [3.05, 3.63) is 0 Å². The first-order valence-corrected chi connectivity index (χ1v) is 6.17. The molecule has 0 aliphatic carbocycles. The number of rotatable bonds is 3. The Bertz CT molecular complexity index is 485. The quantitative estimate of drug-likeness (QED) is 0.481. The number of fused-ring (bicyclic) bond motifs is 1. The molecule has 2 rings (SSSR count). The molecule has 0 saturated carbocycles. The molecule has 2 saturated heterocycles. The molecule has 2 heterocycles. The van der Waals surface area contributed by atoms with Crippen LogP contribution in [0.3, 0.4) is 0 Å². The van der Waals surface area contributed by atoms with Crippen molar-refractivity contribution in [2.24, 2.45) is 0 Å². The van der Waals surface area contributed by atoms with Crippen LogP contribution in [0.5, 0.6) is 0 Å². The Labute approximate surface area is 119 Å². The van der Waals surface area contributed by atoms with Gasteiger partial charge in [-0.2, -0.15) is 0 Å². The van der Waals surface area contributed by atoms with E-state index in [0.29, 0.717) is 0 Å². The molecule has 9 heteroatoms. The molecule has 9 nitrogen and oxygen atoms in total. The first-order valence-electron chi connectivity index (χ1n) is 6.17. The Balaban J connectivity index is 2.19. The Hall–Kier alpha value is -2.16. The van der Waals surface area contributed by atoms with E-state index in [2.05, 4.69) is 0 Å². The lowest BCUT2D eigenvalue weighted by Gasteiger charge is -2.20. The van der Waals surface area contributed by atoms with Crippen LogP contribution < -0.4 is 0 Å². The van der Waals surface area contributed by atoms with Crippen LogP contribution in [0.25, 0.3) is 0 Å². The molecule has 2 aliphatic heterocycles. The SMILES string of the molecule is CC(=O)O[C@H]1O[C@H]2[C@@H](OC(=O)[C@H]2OC(C)=O)[C@@H]1OC(C)=O. The van der Waals surface area contributed by atoms with Gasteiger partial charge < -0.3 is 23.7 Å². The van der Waals surface area contributed by atoms with Crippen molar-refractivity contribution in [2.45, 2.75) is 51.5 Å². The van der Waals surface area contributed by atoms with Crippen molar-refractivity contribution in [1.29, 1.82) is 0 Å². The molecule has 0 radical (unpaired) electrons. The largest absolute Gasteiger partial charge is 0.452 e. The van der Waals surface area contributed by atoms with E-state index in [-0.39, 0.29) is 0 Å².